The number of hydrogen-bond donors (Lipinski definition) is 0. The SMILES string of the molecule is O=C1c2ccc(/C=C/CCCC/C=C/c3ccc4c(c3)C(=O)N(CC3CO3)C4=O)cc2C(=O)N1CC1CO1. The number of hydrogen-bond acceptors (Lipinski definition) is 6. The van der Waals surface area contributed by atoms with Crippen molar-refractivity contribution in [3.05, 3.63) is 81.9 Å². The number of nitrogens with zero attached hydrogens (tertiary/aromatic N) is 2. The smallest absolute Gasteiger partial charge is 0.261 e. The van der Waals surface area contributed by atoms with Crippen LogP contribution in [0, 0.1) is 0 Å². The Hall–Kier alpha value is -3.88. The summed E-state index contributed by atoms with van der Waals surface area (Å²) in [6.45, 7) is 1.85. The molecule has 6 rings (SSSR count). The van der Waals surface area contributed by atoms with Crippen LogP contribution in [0.4, 0.5) is 0 Å². The Labute approximate surface area is 220 Å². The van der Waals surface area contributed by atoms with Gasteiger partial charge in [-0.25, -0.2) is 0 Å². The van der Waals surface area contributed by atoms with Crippen LogP contribution in [0.5, 0.6) is 0 Å². The predicted octanol–water partition coefficient (Wildman–Crippen LogP) is 3.96. The summed E-state index contributed by atoms with van der Waals surface area (Å²) in [5, 5.41) is 0. The summed E-state index contributed by atoms with van der Waals surface area (Å²) in [5.41, 5.74) is 3.66. The zero-order chi connectivity index (χ0) is 26.2. The normalized spacial score (nSPS) is 21.8. The van der Waals surface area contributed by atoms with Gasteiger partial charge >= 0.3 is 0 Å². The van der Waals surface area contributed by atoms with Gasteiger partial charge in [0.1, 0.15) is 0 Å². The molecule has 2 aromatic carbocycles. The van der Waals surface area contributed by atoms with Crippen LogP contribution >= 0.6 is 0 Å². The highest BCUT2D eigenvalue weighted by molar-refractivity contribution is 6.22. The monoisotopic (exact) mass is 512 g/mol. The third-order valence-corrected chi connectivity index (χ3v) is 7.18. The van der Waals surface area contributed by atoms with Crippen LogP contribution in [0.15, 0.2) is 48.6 Å². The zero-order valence-corrected chi connectivity index (χ0v) is 20.9. The van der Waals surface area contributed by atoms with Gasteiger partial charge in [0.2, 0.25) is 0 Å². The van der Waals surface area contributed by atoms with Crippen LogP contribution in [0.25, 0.3) is 12.2 Å². The van der Waals surface area contributed by atoms with E-state index in [4.69, 9.17) is 9.47 Å². The van der Waals surface area contributed by atoms with E-state index in [1.165, 1.54) is 9.80 Å². The number of unbranched alkanes of at least 4 members (excludes halogenated alkanes) is 3. The van der Waals surface area contributed by atoms with Crippen molar-refractivity contribution in [2.24, 2.45) is 0 Å². The predicted molar refractivity (Wildman–Crippen MR) is 140 cm³/mol. The Kier molecular flexibility index (Phi) is 6.51. The highest BCUT2D eigenvalue weighted by Gasteiger charge is 2.40. The highest BCUT2D eigenvalue weighted by atomic mass is 16.6. The van der Waals surface area contributed by atoms with Crippen molar-refractivity contribution >= 4 is 35.8 Å². The minimum atomic E-state index is -0.243. The van der Waals surface area contributed by atoms with Gasteiger partial charge in [-0.15, -0.1) is 0 Å². The Morgan fingerprint density at radius 3 is 1.42 bits per heavy atom. The molecule has 194 valence electrons. The maximum atomic E-state index is 12.6. The minimum absolute atomic E-state index is 0.0202. The van der Waals surface area contributed by atoms with Crippen molar-refractivity contribution in [2.45, 2.75) is 37.9 Å². The summed E-state index contributed by atoms with van der Waals surface area (Å²) in [4.78, 5) is 52.8. The Morgan fingerprint density at radius 2 is 1.03 bits per heavy atom. The Bertz CT molecular complexity index is 1280. The summed E-state index contributed by atoms with van der Waals surface area (Å²) in [6.07, 6.45) is 11.9. The molecule has 2 saturated heterocycles. The van der Waals surface area contributed by atoms with Crippen molar-refractivity contribution in [3.8, 4) is 0 Å². The lowest BCUT2D eigenvalue weighted by Gasteiger charge is -2.10. The van der Waals surface area contributed by atoms with Gasteiger partial charge < -0.3 is 9.47 Å². The van der Waals surface area contributed by atoms with E-state index in [1.54, 1.807) is 24.3 Å². The molecule has 4 amide bonds. The van der Waals surface area contributed by atoms with Gasteiger partial charge in [0.15, 0.2) is 0 Å². The van der Waals surface area contributed by atoms with E-state index in [0.717, 1.165) is 36.8 Å². The van der Waals surface area contributed by atoms with Crippen molar-refractivity contribution < 1.29 is 28.7 Å². The van der Waals surface area contributed by atoms with Gasteiger partial charge in [-0.1, -0.05) is 36.4 Å². The van der Waals surface area contributed by atoms with Crippen molar-refractivity contribution in [2.75, 3.05) is 26.3 Å². The fraction of sp³-hybridized carbons (Fsp3) is 0.333. The molecular weight excluding hydrogens is 484 g/mol. The molecule has 0 radical (unpaired) electrons. The molecule has 4 heterocycles. The molecule has 0 spiro atoms. The summed E-state index contributed by atoms with van der Waals surface area (Å²) in [5.74, 6) is -0.969. The molecule has 4 aliphatic heterocycles. The average Bonchev–Trinajstić information content (AvgIpc) is 3.85. The van der Waals surface area contributed by atoms with E-state index in [9.17, 15) is 19.2 Å². The van der Waals surface area contributed by atoms with Crippen LogP contribution in [0.3, 0.4) is 0 Å². The third-order valence-electron chi connectivity index (χ3n) is 7.18. The first-order chi connectivity index (χ1) is 18.5. The number of fused-ring (bicyclic) bond motifs is 2. The maximum absolute atomic E-state index is 12.6. The summed E-state index contributed by atoms with van der Waals surface area (Å²) in [6, 6.07) is 10.8. The van der Waals surface area contributed by atoms with E-state index >= 15 is 0 Å². The third kappa shape index (κ3) is 4.97. The summed E-state index contributed by atoms with van der Waals surface area (Å²) in [7, 11) is 0. The molecule has 2 aromatic rings. The lowest BCUT2D eigenvalue weighted by molar-refractivity contribution is 0.0628. The van der Waals surface area contributed by atoms with Crippen LogP contribution in [-0.4, -0.2) is 71.9 Å². The second kappa shape index (κ2) is 10.1. The number of imide groups is 2. The fourth-order valence-corrected chi connectivity index (χ4v) is 4.87. The van der Waals surface area contributed by atoms with E-state index in [0.29, 0.717) is 48.6 Å². The molecule has 0 N–H and O–H groups in total. The molecule has 0 aromatic heterocycles. The molecule has 38 heavy (non-hydrogen) atoms. The molecular formula is C30H28N2O6. The number of ether oxygens (including phenoxy) is 2. The van der Waals surface area contributed by atoms with E-state index in [1.807, 2.05) is 24.3 Å². The van der Waals surface area contributed by atoms with E-state index in [-0.39, 0.29) is 35.8 Å². The lowest BCUT2D eigenvalue weighted by atomic mass is 10.0. The first-order valence-electron chi connectivity index (χ1n) is 13.1. The van der Waals surface area contributed by atoms with Gasteiger partial charge in [0.05, 0.1) is 60.8 Å². The summed E-state index contributed by atoms with van der Waals surface area (Å²) < 4.78 is 10.3. The van der Waals surface area contributed by atoms with Crippen LogP contribution in [-0.2, 0) is 9.47 Å². The maximum Gasteiger partial charge on any atom is 0.261 e. The number of epoxide rings is 2. The largest absolute Gasteiger partial charge is 0.371 e. The fourth-order valence-electron chi connectivity index (χ4n) is 4.87. The summed E-state index contributed by atoms with van der Waals surface area (Å²) >= 11 is 0. The number of rotatable bonds is 11. The minimum Gasteiger partial charge on any atom is -0.371 e. The van der Waals surface area contributed by atoms with E-state index < -0.39 is 0 Å². The molecule has 0 bridgehead atoms. The Morgan fingerprint density at radius 1 is 0.632 bits per heavy atom. The van der Waals surface area contributed by atoms with Gasteiger partial charge in [-0.3, -0.25) is 29.0 Å². The van der Waals surface area contributed by atoms with Gasteiger partial charge in [0, 0.05) is 0 Å². The molecule has 8 nitrogen and oxygen atoms in total. The molecule has 8 heteroatoms. The highest BCUT2D eigenvalue weighted by Crippen LogP contribution is 2.28. The average molecular weight is 513 g/mol. The topological polar surface area (TPSA) is 99.8 Å². The number of carbonyl (C=O) groups excluding carboxylic acids is 4. The van der Waals surface area contributed by atoms with E-state index in [2.05, 4.69) is 12.2 Å². The second-order valence-electron chi connectivity index (χ2n) is 10.1. The van der Waals surface area contributed by atoms with Crippen molar-refractivity contribution in [1.82, 2.24) is 9.80 Å². The number of carbonyl (C=O) groups is 4. The van der Waals surface area contributed by atoms with Crippen molar-refractivity contribution in [3.63, 3.8) is 0 Å². The molecule has 2 fully saturated rings. The van der Waals surface area contributed by atoms with Gasteiger partial charge in [0.25, 0.3) is 23.6 Å². The molecule has 4 aliphatic rings. The first-order valence-corrected chi connectivity index (χ1v) is 13.1. The number of amides is 4. The Balaban J connectivity index is 0.957. The quantitative estimate of drug-likeness (QED) is 0.257. The number of benzene rings is 2. The second-order valence-corrected chi connectivity index (χ2v) is 10.1. The molecule has 2 unspecified atom stereocenters. The zero-order valence-electron chi connectivity index (χ0n) is 20.9. The first kappa shape index (κ1) is 24.5. The number of allylic oxidation sites excluding steroid dienone is 2. The van der Waals surface area contributed by atoms with Gasteiger partial charge in [-0.2, -0.15) is 0 Å². The van der Waals surface area contributed by atoms with Gasteiger partial charge in [-0.05, 0) is 61.1 Å². The molecule has 0 aliphatic carbocycles. The standard InChI is InChI=1S/C30H28N2O6/c33-27-23-11-9-19(13-25(23)29(35)31(27)15-21-17-37-21)7-5-3-1-2-4-6-8-20-10-12-24-26(14-20)30(36)32(28(24)34)16-22-18-38-22/h5-14,21-22H,1-4,15-18H2/b7-5+,8-6+. The molecule has 2 atom stereocenters. The van der Waals surface area contributed by atoms with Crippen molar-refractivity contribution in [1.29, 1.82) is 0 Å². The van der Waals surface area contributed by atoms with Crippen LogP contribution in [0.1, 0.15) is 78.2 Å². The lowest BCUT2D eigenvalue weighted by Crippen LogP contribution is -2.33. The van der Waals surface area contributed by atoms with Crippen LogP contribution < -0.4 is 0 Å². The molecule has 0 saturated carbocycles. The van der Waals surface area contributed by atoms with Crippen LogP contribution in [0.2, 0.25) is 0 Å².